The van der Waals surface area contributed by atoms with Gasteiger partial charge in [0.05, 0.1) is 12.3 Å². The zero-order valence-corrected chi connectivity index (χ0v) is 9.77. The maximum Gasteiger partial charge on any atom is 0.322 e. The normalized spacial score (nSPS) is 17.8. The highest BCUT2D eigenvalue weighted by Crippen LogP contribution is 2.27. The molecule has 0 fully saturated rings. The summed E-state index contributed by atoms with van der Waals surface area (Å²) in [5, 5.41) is 0. The Labute approximate surface area is 99.3 Å². The van der Waals surface area contributed by atoms with Crippen LogP contribution < -0.4 is 0 Å². The number of hydrogen-bond acceptors (Lipinski definition) is 4. The van der Waals surface area contributed by atoms with Crippen molar-refractivity contribution in [2.75, 3.05) is 6.61 Å². The number of Topliss-reactive ketones (excluding diaryl/α,β-unsaturated/α-hetero) is 1. The molecule has 17 heavy (non-hydrogen) atoms. The van der Waals surface area contributed by atoms with Crippen molar-refractivity contribution in [1.82, 2.24) is 0 Å². The molecule has 1 aliphatic heterocycles. The Morgan fingerprint density at radius 1 is 1.47 bits per heavy atom. The van der Waals surface area contributed by atoms with Gasteiger partial charge in [0, 0.05) is 11.8 Å². The first-order valence-electron chi connectivity index (χ1n) is 5.49. The molecule has 4 heteroatoms. The topological polar surface area (TPSA) is 55.7 Å². The molecule has 2 rings (SSSR count). The average molecular weight is 231 g/mol. The molecule has 1 heterocycles. The third kappa shape index (κ3) is 2.11. The first-order chi connectivity index (χ1) is 8.13. The average Bonchev–Trinajstić information content (AvgIpc) is 2.30. The van der Waals surface area contributed by atoms with E-state index in [2.05, 4.69) is 4.99 Å². The molecule has 0 saturated heterocycles. The quantitative estimate of drug-likeness (QED) is 0.578. The number of rotatable bonds is 2. The zero-order valence-electron chi connectivity index (χ0n) is 9.77. The molecule has 0 amide bonds. The number of hydrogen-bond donors (Lipinski definition) is 0. The second-order valence-electron chi connectivity index (χ2n) is 3.89. The Bertz CT molecular complexity index is 505. The number of fused-ring (bicyclic) bond motifs is 1. The van der Waals surface area contributed by atoms with Gasteiger partial charge < -0.3 is 4.74 Å². The molecule has 0 aliphatic carbocycles. The van der Waals surface area contributed by atoms with E-state index < -0.39 is 11.9 Å². The predicted molar refractivity (Wildman–Crippen MR) is 63.8 cm³/mol. The lowest BCUT2D eigenvalue weighted by Gasteiger charge is -2.16. The van der Waals surface area contributed by atoms with E-state index in [9.17, 15) is 9.59 Å². The van der Waals surface area contributed by atoms with Gasteiger partial charge >= 0.3 is 5.97 Å². The van der Waals surface area contributed by atoms with Crippen molar-refractivity contribution in [1.29, 1.82) is 0 Å². The van der Waals surface area contributed by atoms with Crippen molar-refractivity contribution in [2.24, 2.45) is 10.9 Å². The zero-order chi connectivity index (χ0) is 12.4. The maximum absolute atomic E-state index is 12.1. The van der Waals surface area contributed by atoms with E-state index in [-0.39, 0.29) is 12.4 Å². The van der Waals surface area contributed by atoms with Gasteiger partial charge in [-0.2, -0.15) is 0 Å². The molecular formula is C13H13NO3. The minimum Gasteiger partial charge on any atom is -0.465 e. The lowest BCUT2D eigenvalue weighted by Crippen LogP contribution is -2.29. The first-order valence-corrected chi connectivity index (χ1v) is 5.49. The summed E-state index contributed by atoms with van der Waals surface area (Å²) < 4.78 is 4.85. The summed E-state index contributed by atoms with van der Waals surface area (Å²) in [5.74, 6) is -1.67. The number of esters is 1. The van der Waals surface area contributed by atoms with Crippen LogP contribution in [0.4, 0.5) is 5.69 Å². The number of aliphatic imine (C=N–C) groups is 1. The van der Waals surface area contributed by atoms with E-state index in [4.69, 9.17) is 4.74 Å². The Morgan fingerprint density at radius 2 is 2.24 bits per heavy atom. The van der Waals surface area contributed by atoms with Crippen LogP contribution in [0.2, 0.25) is 0 Å². The number of carbonyl (C=O) groups excluding carboxylic acids is 2. The molecule has 1 aromatic carbocycles. The van der Waals surface area contributed by atoms with Gasteiger partial charge in [0.15, 0.2) is 11.7 Å². The van der Waals surface area contributed by atoms with Crippen molar-refractivity contribution in [3.05, 3.63) is 29.3 Å². The molecule has 0 saturated carbocycles. The van der Waals surface area contributed by atoms with E-state index in [1.165, 1.54) is 6.21 Å². The fraction of sp³-hybridized carbons (Fsp3) is 0.308. The third-order valence-electron chi connectivity index (χ3n) is 2.60. The van der Waals surface area contributed by atoms with Crippen molar-refractivity contribution in [2.45, 2.75) is 13.8 Å². The van der Waals surface area contributed by atoms with Crippen LogP contribution in [0.15, 0.2) is 23.2 Å². The van der Waals surface area contributed by atoms with Gasteiger partial charge in [-0.3, -0.25) is 14.6 Å². The van der Waals surface area contributed by atoms with Gasteiger partial charge in [0.25, 0.3) is 0 Å². The Hall–Kier alpha value is -1.97. The summed E-state index contributed by atoms with van der Waals surface area (Å²) >= 11 is 0. The smallest absolute Gasteiger partial charge is 0.322 e. The van der Waals surface area contributed by atoms with Crippen LogP contribution in [0.1, 0.15) is 22.8 Å². The lowest BCUT2D eigenvalue weighted by molar-refractivity contribution is -0.143. The highest BCUT2D eigenvalue weighted by molar-refractivity contribution is 6.22. The van der Waals surface area contributed by atoms with Crippen molar-refractivity contribution < 1.29 is 14.3 Å². The molecule has 0 bridgehead atoms. The summed E-state index contributed by atoms with van der Waals surface area (Å²) in [4.78, 5) is 27.8. The monoisotopic (exact) mass is 231 g/mol. The Kier molecular flexibility index (Phi) is 3.04. The number of carbonyl (C=O) groups is 2. The van der Waals surface area contributed by atoms with Crippen molar-refractivity contribution in [3.63, 3.8) is 0 Å². The Balaban J connectivity index is 2.35. The molecule has 1 aromatic rings. The first kappa shape index (κ1) is 11.5. The molecular weight excluding hydrogens is 218 g/mol. The highest BCUT2D eigenvalue weighted by Gasteiger charge is 2.31. The van der Waals surface area contributed by atoms with Crippen molar-refractivity contribution >= 4 is 23.7 Å². The number of ketones is 1. The standard InChI is InChI=1S/C13H13NO3/c1-3-17-13(16)10-7-14-11-5-4-8(2)6-9(11)12(10)15/h4-7,10H,3H2,1-2H3. The van der Waals surface area contributed by atoms with Crippen molar-refractivity contribution in [3.8, 4) is 0 Å². The summed E-state index contributed by atoms with van der Waals surface area (Å²) in [6.07, 6.45) is 1.36. The third-order valence-corrected chi connectivity index (χ3v) is 2.60. The second kappa shape index (κ2) is 4.49. The van der Waals surface area contributed by atoms with Crippen LogP contribution in [0.5, 0.6) is 0 Å². The van der Waals surface area contributed by atoms with Gasteiger partial charge in [-0.05, 0) is 26.0 Å². The van der Waals surface area contributed by atoms with Gasteiger partial charge in [-0.25, -0.2) is 0 Å². The van der Waals surface area contributed by atoms with Crippen LogP contribution >= 0.6 is 0 Å². The fourth-order valence-electron chi connectivity index (χ4n) is 1.75. The molecule has 1 unspecified atom stereocenters. The lowest BCUT2D eigenvalue weighted by atomic mass is 9.93. The largest absolute Gasteiger partial charge is 0.465 e. The SMILES string of the molecule is CCOC(=O)C1C=Nc2ccc(C)cc2C1=O. The van der Waals surface area contributed by atoms with E-state index in [0.29, 0.717) is 11.3 Å². The van der Waals surface area contributed by atoms with Crippen LogP contribution in [0.3, 0.4) is 0 Å². The predicted octanol–water partition coefficient (Wildman–Crippen LogP) is 2.07. The number of aryl methyl sites for hydroxylation is 1. The van der Waals surface area contributed by atoms with Crippen LogP contribution in [-0.4, -0.2) is 24.6 Å². The molecule has 88 valence electrons. The molecule has 0 spiro atoms. The summed E-state index contributed by atoms with van der Waals surface area (Å²) in [6.45, 7) is 3.86. The van der Waals surface area contributed by atoms with E-state index in [1.54, 1.807) is 19.1 Å². The van der Waals surface area contributed by atoms with E-state index in [0.717, 1.165) is 5.56 Å². The number of benzene rings is 1. The number of nitrogens with zero attached hydrogens (tertiary/aromatic N) is 1. The molecule has 4 nitrogen and oxygen atoms in total. The molecule has 0 aromatic heterocycles. The number of ether oxygens (including phenoxy) is 1. The van der Waals surface area contributed by atoms with Gasteiger partial charge in [0.2, 0.25) is 0 Å². The van der Waals surface area contributed by atoms with Crippen LogP contribution in [-0.2, 0) is 9.53 Å². The molecule has 1 atom stereocenters. The summed E-state index contributed by atoms with van der Waals surface area (Å²) in [6, 6.07) is 5.41. The van der Waals surface area contributed by atoms with E-state index >= 15 is 0 Å². The maximum atomic E-state index is 12.1. The minimum absolute atomic E-state index is 0.239. The van der Waals surface area contributed by atoms with E-state index in [1.807, 2.05) is 13.0 Å². The fourth-order valence-corrected chi connectivity index (χ4v) is 1.75. The van der Waals surface area contributed by atoms with Crippen LogP contribution in [0.25, 0.3) is 0 Å². The molecule has 0 radical (unpaired) electrons. The van der Waals surface area contributed by atoms with Crippen LogP contribution in [0, 0.1) is 12.8 Å². The molecule has 1 aliphatic rings. The minimum atomic E-state index is -0.899. The second-order valence-corrected chi connectivity index (χ2v) is 3.89. The van der Waals surface area contributed by atoms with Gasteiger partial charge in [0.1, 0.15) is 0 Å². The van der Waals surface area contributed by atoms with Gasteiger partial charge in [-0.15, -0.1) is 0 Å². The summed E-state index contributed by atoms with van der Waals surface area (Å²) in [7, 11) is 0. The molecule has 0 N–H and O–H groups in total. The summed E-state index contributed by atoms with van der Waals surface area (Å²) in [5.41, 5.74) is 2.07. The van der Waals surface area contributed by atoms with Gasteiger partial charge in [-0.1, -0.05) is 11.6 Å². The highest BCUT2D eigenvalue weighted by atomic mass is 16.5. The Morgan fingerprint density at radius 3 is 2.94 bits per heavy atom.